The largest absolute Gasteiger partial charge is 0.350 e. The summed E-state index contributed by atoms with van der Waals surface area (Å²) in [6, 6.07) is 7.28. The van der Waals surface area contributed by atoms with Gasteiger partial charge in [0.1, 0.15) is 11.5 Å². The quantitative estimate of drug-likeness (QED) is 0.720. The molecule has 1 aliphatic carbocycles. The van der Waals surface area contributed by atoms with Crippen LogP contribution in [0.2, 0.25) is 0 Å². The van der Waals surface area contributed by atoms with Crippen LogP contribution in [-0.4, -0.2) is 71.8 Å². The number of urea groups is 1. The monoisotopic (exact) mass is 411 g/mol. The maximum Gasteiger partial charge on any atom is 0.319 e. The summed E-state index contributed by atoms with van der Waals surface area (Å²) in [5.41, 5.74) is 1.96. The van der Waals surface area contributed by atoms with Crippen LogP contribution in [0.1, 0.15) is 42.6 Å². The lowest BCUT2D eigenvalue weighted by Gasteiger charge is -2.35. The molecule has 8 nitrogen and oxygen atoms in total. The summed E-state index contributed by atoms with van der Waals surface area (Å²) in [4.78, 5) is 44.1. The highest BCUT2D eigenvalue weighted by Gasteiger charge is 2.27. The second-order valence-electron chi connectivity index (χ2n) is 8.54. The average Bonchev–Trinajstić information content (AvgIpc) is 3.34. The van der Waals surface area contributed by atoms with Gasteiger partial charge in [-0.1, -0.05) is 6.07 Å². The number of H-pyrrole nitrogens is 1. The lowest BCUT2D eigenvalue weighted by molar-refractivity contribution is -0.117. The first-order valence-corrected chi connectivity index (χ1v) is 10.6. The zero-order valence-electron chi connectivity index (χ0n) is 17.5. The standard InChI is InChI=1S/C22H29N5O3/c1-26(2)15-5-4-10-27(13-15)21(29)20-12-17-18(24-20)6-3-7-19(17)25-22(30)23-14-8-9-16(28)11-14/h3,6-7,12,14-15,24H,4-5,8-11,13H2,1-2H3,(H2,23,25,30). The summed E-state index contributed by atoms with van der Waals surface area (Å²) < 4.78 is 0. The highest BCUT2D eigenvalue weighted by Crippen LogP contribution is 2.26. The molecular formula is C22H29N5O3. The first kappa shape index (κ1) is 20.4. The van der Waals surface area contributed by atoms with Crippen molar-refractivity contribution in [3.8, 4) is 0 Å². The summed E-state index contributed by atoms with van der Waals surface area (Å²) in [6.45, 7) is 1.47. The van der Waals surface area contributed by atoms with E-state index in [0.717, 1.165) is 36.8 Å². The topological polar surface area (TPSA) is 97.5 Å². The zero-order valence-corrected chi connectivity index (χ0v) is 17.5. The predicted octanol–water partition coefficient (Wildman–Crippen LogP) is 2.58. The Balaban J connectivity index is 1.48. The fraction of sp³-hybridized carbons (Fsp3) is 0.500. The Bertz CT molecular complexity index is 967. The Morgan fingerprint density at radius 2 is 2.07 bits per heavy atom. The molecule has 0 radical (unpaired) electrons. The number of benzene rings is 1. The Hall–Kier alpha value is -2.87. The maximum atomic E-state index is 13.1. The number of ketones is 1. The molecule has 8 heteroatoms. The van der Waals surface area contributed by atoms with Crippen molar-refractivity contribution in [3.63, 3.8) is 0 Å². The molecule has 30 heavy (non-hydrogen) atoms. The third-order valence-electron chi connectivity index (χ3n) is 6.14. The Morgan fingerprint density at radius 1 is 1.23 bits per heavy atom. The van der Waals surface area contributed by atoms with Crippen LogP contribution in [0.4, 0.5) is 10.5 Å². The molecule has 3 amide bonds. The molecule has 2 aliphatic rings. The Kier molecular flexibility index (Phi) is 5.76. The van der Waals surface area contributed by atoms with Gasteiger partial charge in [-0.3, -0.25) is 9.59 Å². The summed E-state index contributed by atoms with van der Waals surface area (Å²) in [7, 11) is 4.10. The average molecular weight is 412 g/mol. The Morgan fingerprint density at radius 3 is 2.80 bits per heavy atom. The highest BCUT2D eigenvalue weighted by atomic mass is 16.2. The van der Waals surface area contributed by atoms with Crippen LogP contribution in [-0.2, 0) is 4.79 Å². The summed E-state index contributed by atoms with van der Waals surface area (Å²) in [5.74, 6) is 0.169. The van der Waals surface area contributed by atoms with Gasteiger partial charge >= 0.3 is 6.03 Å². The number of aromatic amines is 1. The number of carbonyl (C=O) groups is 3. The maximum absolute atomic E-state index is 13.1. The molecule has 1 aliphatic heterocycles. The van der Waals surface area contributed by atoms with Crippen molar-refractivity contribution < 1.29 is 14.4 Å². The van der Waals surface area contributed by atoms with Crippen LogP contribution in [0.25, 0.3) is 10.9 Å². The van der Waals surface area contributed by atoms with Gasteiger partial charge in [-0.25, -0.2) is 4.79 Å². The molecule has 2 aromatic rings. The third-order valence-corrected chi connectivity index (χ3v) is 6.14. The van der Waals surface area contributed by atoms with Crippen LogP contribution in [0.15, 0.2) is 24.3 Å². The number of likely N-dealkylation sites (N-methyl/N-ethyl adjacent to an activating group) is 1. The molecular weight excluding hydrogens is 382 g/mol. The molecule has 2 atom stereocenters. The number of nitrogens with zero attached hydrogens (tertiary/aromatic N) is 2. The van der Waals surface area contributed by atoms with E-state index in [4.69, 9.17) is 0 Å². The van der Waals surface area contributed by atoms with Crippen molar-refractivity contribution in [1.82, 2.24) is 20.1 Å². The number of piperidine rings is 1. The van der Waals surface area contributed by atoms with E-state index in [1.807, 2.05) is 43.3 Å². The lowest BCUT2D eigenvalue weighted by Crippen LogP contribution is -2.47. The van der Waals surface area contributed by atoms with Crippen molar-refractivity contribution in [3.05, 3.63) is 30.0 Å². The van der Waals surface area contributed by atoms with Crippen LogP contribution < -0.4 is 10.6 Å². The smallest absolute Gasteiger partial charge is 0.319 e. The number of nitrogens with one attached hydrogen (secondary N) is 3. The molecule has 1 saturated carbocycles. The second-order valence-corrected chi connectivity index (χ2v) is 8.54. The van der Waals surface area contributed by atoms with Crippen molar-refractivity contribution in [1.29, 1.82) is 0 Å². The van der Waals surface area contributed by atoms with Crippen LogP contribution in [0, 0.1) is 0 Å². The fourth-order valence-corrected chi connectivity index (χ4v) is 4.39. The van der Waals surface area contributed by atoms with Crippen LogP contribution in [0.5, 0.6) is 0 Å². The van der Waals surface area contributed by atoms with Gasteiger partial charge in [0.2, 0.25) is 0 Å². The molecule has 160 valence electrons. The van der Waals surface area contributed by atoms with E-state index in [2.05, 4.69) is 20.5 Å². The molecule has 3 N–H and O–H groups in total. The van der Waals surface area contributed by atoms with Crippen molar-refractivity contribution >= 4 is 34.3 Å². The van der Waals surface area contributed by atoms with E-state index >= 15 is 0 Å². The number of carbonyl (C=O) groups excluding carboxylic acids is 3. The van der Waals surface area contributed by atoms with E-state index in [1.165, 1.54) is 0 Å². The Labute approximate surface area is 176 Å². The number of aromatic nitrogens is 1. The van der Waals surface area contributed by atoms with E-state index in [0.29, 0.717) is 36.7 Å². The van der Waals surface area contributed by atoms with E-state index in [1.54, 1.807) is 0 Å². The van der Waals surface area contributed by atoms with Gasteiger partial charge in [-0.05, 0) is 51.6 Å². The number of hydrogen-bond acceptors (Lipinski definition) is 4. The normalized spacial score (nSPS) is 22.0. The number of anilines is 1. The molecule has 1 aromatic carbocycles. The lowest BCUT2D eigenvalue weighted by atomic mass is 10.0. The van der Waals surface area contributed by atoms with Gasteiger partial charge in [0.25, 0.3) is 5.91 Å². The number of hydrogen-bond donors (Lipinski definition) is 3. The van der Waals surface area contributed by atoms with Gasteiger partial charge in [0, 0.05) is 48.9 Å². The van der Waals surface area contributed by atoms with Crippen molar-refractivity contribution in [2.24, 2.45) is 0 Å². The van der Waals surface area contributed by atoms with Gasteiger partial charge in [-0.15, -0.1) is 0 Å². The summed E-state index contributed by atoms with van der Waals surface area (Å²) in [5, 5.41) is 6.52. The van der Waals surface area contributed by atoms with Gasteiger partial charge < -0.3 is 25.4 Å². The van der Waals surface area contributed by atoms with Crippen LogP contribution in [0.3, 0.4) is 0 Å². The molecule has 1 aromatic heterocycles. The highest BCUT2D eigenvalue weighted by molar-refractivity contribution is 6.05. The first-order valence-electron chi connectivity index (χ1n) is 10.6. The summed E-state index contributed by atoms with van der Waals surface area (Å²) >= 11 is 0. The minimum Gasteiger partial charge on any atom is -0.350 e. The van der Waals surface area contributed by atoms with Gasteiger partial charge in [-0.2, -0.15) is 0 Å². The molecule has 4 rings (SSSR count). The molecule has 0 spiro atoms. The third kappa shape index (κ3) is 4.33. The number of fused-ring (bicyclic) bond motifs is 1. The minimum absolute atomic E-state index is 0.0161. The molecule has 0 bridgehead atoms. The fourth-order valence-electron chi connectivity index (χ4n) is 4.39. The SMILES string of the molecule is CN(C)C1CCCN(C(=O)c2cc3c(NC(=O)NC4CCC(=O)C4)cccc3[nH]2)C1. The van der Waals surface area contributed by atoms with E-state index in [9.17, 15) is 14.4 Å². The predicted molar refractivity (Wildman–Crippen MR) is 116 cm³/mol. The number of Topliss-reactive ketones (excluding diaryl/α,β-unsaturated/α-hetero) is 1. The number of amides is 3. The van der Waals surface area contributed by atoms with E-state index in [-0.39, 0.29) is 23.8 Å². The second kappa shape index (κ2) is 8.47. The molecule has 2 heterocycles. The summed E-state index contributed by atoms with van der Waals surface area (Å²) in [6.07, 6.45) is 3.69. The number of rotatable bonds is 4. The number of likely N-dealkylation sites (tertiary alicyclic amines) is 1. The first-order chi connectivity index (χ1) is 14.4. The van der Waals surface area contributed by atoms with Gasteiger partial charge in [0.15, 0.2) is 0 Å². The minimum atomic E-state index is -0.332. The van der Waals surface area contributed by atoms with Crippen molar-refractivity contribution in [2.75, 3.05) is 32.5 Å². The molecule has 2 unspecified atom stereocenters. The van der Waals surface area contributed by atoms with Crippen molar-refractivity contribution in [2.45, 2.75) is 44.2 Å². The molecule has 2 fully saturated rings. The van der Waals surface area contributed by atoms with Crippen LogP contribution >= 0.6 is 0 Å². The zero-order chi connectivity index (χ0) is 21.3. The van der Waals surface area contributed by atoms with E-state index < -0.39 is 0 Å². The molecule has 1 saturated heterocycles. The van der Waals surface area contributed by atoms with Gasteiger partial charge in [0.05, 0.1) is 5.69 Å².